The van der Waals surface area contributed by atoms with Gasteiger partial charge in [0.1, 0.15) is 0 Å². The van der Waals surface area contributed by atoms with Crippen molar-refractivity contribution >= 4 is 6.21 Å². The molecule has 0 aromatic rings. The molecule has 0 aromatic carbocycles. The van der Waals surface area contributed by atoms with Crippen molar-refractivity contribution in [2.45, 2.75) is 27.2 Å². The summed E-state index contributed by atoms with van der Waals surface area (Å²) in [5.41, 5.74) is 1.28. The average Bonchev–Trinajstić information content (AvgIpc) is 1.97. The fourth-order valence-electron chi connectivity index (χ4n) is 0.865. The third-order valence-corrected chi connectivity index (χ3v) is 1.36. The Labute approximate surface area is 69.5 Å². The molecule has 0 heterocycles. The summed E-state index contributed by atoms with van der Waals surface area (Å²) in [5.74, 6) is 0.692. The summed E-state index contributed by atoms with van der Waals surface area (Å²) in [4.78, 5) is 3.97. The molecule has 0 N–H and O–H groups in total. The summed E-state index contributed by atoms with van der Waals surface area (Å²) in [5, 5.41) is 0. The first-order valence-corrected chi connectivity index (χ1v) is 4.00. The second-order valence-corrected chi connectivity index (χ2v) is 2.92. The van der Waals surface area contributed by atoms with E-state index in [0.717, 1.165) is 6.42 Å². The van der Waals surface area contributed by atoms with E-state index in [4.69, 9.17) is 0 Å². The highest BCUT2D eigenvalue weighted by Gasteiger charge is 1.95. The predicted octanol–water partition coefficient (Wildman–Crippen LogP) is 3.19. The summed E-state index contributed by atoms with van der Waals surface area (Å²) in [6.07, 6.45) is 6.61. The highest BCUT2D eigenvalue weighted by atomic mass is 14.7. The summed E-state index contributed by atoms with van der Waals surface area (Å²) < 4.78 is 0. The van der Waals surface area contributed by atoms with Crippen molar-refractivity contribution in [2.75, 3.05) is 0 Å². The van der Waals surface area contributed by atoms with Gasteiger partial charge in [0.2, 0.25) is 0 Å². The second-order valence-electron chi connectivity index (χ2n) is 2.92. The van der Waals surface area contributed by atoms with Crippen molar-refractivity contribution in [2.24, 2.45) is 10.9 Å². The molecule has 0 spiro atoms. The fraction of sp³-hybridized carbons (Fsp3) is 0.500. The lowest BCUT2D eigenvalue weighted by Crippen LogP contribution is -1.92. The van der Waals surface area contributed by atoms with Gasteiger partial charge in [-0.05, 0) is 24.8 Å². The maximum Gasteiger partial charge on any atom is 0.0296 e. The van der Waals surface area contributed by atoms with Gasteiger partial charge in [-0.3, -0.25) is 4.99 Å². The lowest BCUT2D eigenvalue weighted by atomic mass is 10.0. The molecule has 0 radical (unpaired) electrons. The van der Waals surface area contributed by atoms with Crippen LogP contribution in [-0.2, 0) is 0 Å². The lowest BCUT2D eigenvalue weighted by molar-refractivity contribution is 0.654. The molecular weight excluding hydrogens is 134 g/mol. The van der Waals surface area contributed by atoms with Gasteiger partial charge < -0.3 is 0 Å². The van der Waals surface area contributed by atoms with Crippen molar-refractivity contribution in [3.63, 3.8) is 0 Å². The van der Waals surface area contributed by atoms with Crippen molar-refractivity contribution in [1.82, 2.24) is 0 Å². The van der Waals surface area contributed by atoms with Crippen molar-refractivity contribution in [3.8, 4) is 0 Å². The van der Waals surface area contributed by atoms with Crippen molar-refractivity contribution in [1.29, 1.82) is 0 Å². The number of rotatable bonds is 4. The first kappa shape index (κ1) is 10.2. The van der Waals surface area contributed by atoms with Gasteiger partial charge in [-0.25, -0.2) is 0 Å². The molecule has 0 saturated heterocycles. The Morgan fingerprint density at radius 3 is 2.55 bits per heavy atom. The van der Waals surface area contributed by atoms with E-state index in [9.17, 15) is 0 Å². The van der Waals surface area contributed by atoms with Crippen LogP contribution in [0.15, 0.2) is 29.4 Å². The Morgan fingerprint density at radius 1 is 1.55 bits per heavy atom. The van der Waals surface area contributed by atoms with Gasteiger partial charge in [0, 0.05) is 12.4 Å². The standard InChI is InChI=1S/C10H17N/c1-5-10(7-9(3)4)8-11-6-2/h5-6,8-9H,2,7H2,1,3-4H3/b10-5-,11-8-. The molecule has 0 atom stereocenters. The molecule has 1 nitrogen and oxygen atoms in total. The smallest absolute Gasteiger partial charge is 0.0296 e. The third-order valence-electron chi connectivity index (χ3n) is 1.36. The zero-order chi connectivity index (χ0) is 8.69. The van der Waals surface area contributed by atoms with E-state index in [-0.39, 0.29) is 0 Å². The number of nitrogens with zero attached hydrogens (tertiary/aromatic N) is 1. The molecule has 0 aromatic heterocycles. The largest absolute Gasteiger partial charge is 0.265 e. The Hall–Kier alpha value is -0.850. The zero-order valence-electron chi connectivity index (χ0n) is 7.67. The molecule has 0 fully saturated rings. The SMILES string of the molecule is C=C/N=C\C(=C/C)CC(C)C. The molecule has 0 aliphatic heterocycles. The molecule has 0 rings (SSSR count). The molecule has 0 amide bonds. The minimum atomic E-state index is 0.692. The van der Waals surface area contributed by atoms with Crippen LogP contribution < -0.4 is 0 Å². The number of allylic oxidation sites excluding steroid dienone is 2. The van der Waals surface area contributed by atoms with Crippen LogP contribution >= 0.6 is 0 Å². The summed E-state index contributed by atoms with van der Waals surface area (Å²) >= 11 is 0. The van der Waals surface area contributed by atoms with Gasteiger partial charge in [0.25, 0.3) is 0 Å². The predicted molar refractivity (Wildman–Crippen MR) is 51.9 cm³/mol. The Bertz CT molecular complexity index is 164. The molecule has 1 heteroatoms. The highest BCUT2D eigenvalue weighted by Crippen LogP contribution is 2.07. The van der Waals surface area contributed by atoms with Crippen LogP contribution in [-0.4, -0.2) is 6.21 Å². The molecule has 0 aliphatic carbocycles. The van der Waals surface area contributed by atoms with E-state index in [2.05, 4.69) is 31.5 Å². The van der Waals surface area contributed by atoms with Gasteiger partial charge in [0.15, 0.2) is 0 Å². The second kappa shape index (κ2) is 5.90. The Kier molecular flexibility index (Phi) is 5.44. The number of aliphatic imine (C=N–C) groups is 1. The van der Waals surface area contributed by atoms with Crippen LogP contribution in [0.2, 0.25) is 0 Å². The van der Waals surface area contributed by atoms with Crippen molar-refractivity contribution in [3.05, 3.63) is 24.4 Å². The number of hydrogen-bond acceptors (Lipinski definition) is 1. The van der Waals surface area contributed by atoms with Gasteiger partial charge in [-0.15, -0.1) is 0 Å². The summed E-state index contributed by atoms with van der Waals surface area (Å²) in [6.45, 7) is 9.95. The van der Waals surface area contributed by atoms with Gasteiger partial charge >= 0.3 is 0 Å². The topological polar surface area (TPSA) is 12.4 Å². The maximum absolute atomic E-state index is 3.97. The summed E-state index contributed by atoms with van der Waals surface area (Å²) in [7, 11) is 0. The van der Waals surface area contributed by atoms with E-state index in [1.54, 1.807) is 6.20 Å². The van der Waals surface area contributed by atoms with E-state index in [0.29, 0.717) is 5.92 Å². The van der Waals surface area contributed by atoms with Crippen LogP contribution in [0, 0.1) is 5.92 Å². The zero-order valence-corrected chi connectivity index (χ0v) is 7.67. The van der Waals surface area contributed by atoms with E-state index in [1.165, 1.54) is 5.57 Å². The fourth-order valence-corrected chi connectivity index (χ4v) is 0.865. The quantitative estimate of drug-likeness (QED) is 0.547. The van der Waals surface area contributed by atoms with Crippen molar-refractivity contribution < 1.29 is 0 Å². The molecular formula is C10H17N. The number of hydrogen-bond donors (Lipinski definition) is 0. The first-order chi connectivity index (χ1) is 5.20. The third kappa shape index (κ3) is 5.59. The molecule has 62 valence electrons. The minimum Gasteiger partial charge on any atom is -0.265 e. The average molecular weight is 151 g/mol. The van der Waals surface area contributed by atoms with Gasteiger partial charge in [-0.2, -0.15) is 0 Å². The monoisotopic (exact) mass is 151 g/mol. The summed E-state index contributed by atoms with van der Waals surface area (Å²) in [6, 6.07) is 0. The Morgan fingerprint density at radius 2 is 2.18 bits per heavy atom. The van der Waals surface area contributed by atoms with E-state index in [1.807, 2.05) is 13.1 Å². The van der Waals surface area contributed by atoms with Gasteiger partial charge in [0.05, 0.1) is 0 Å². The maximum atomic E-state index is 3.97. The Balaban J connectivity index is 3.98. The molecule has 11 heavy (non-hydrogen) atoms. The van der Waals surface area contributed by atoms with E-state index >= 15 is 0 Å². The van der Waals surface area contributed by atoms with Gasteiger partial charge in [-0.1, -0.05) is 26.5 Å². The van der Waals surface area contributed by atoms with E-state index < -0.39 is 0 Å². The van der Waals surface area contributed by atoms with Crippen LogP contribution in [0.5, 0.6) is 0 Å². The highest BCUT2D eigenvalue weighted by molar-refractivity contribution is 5.78. The van der Waals surface area contributed by atoms with Crippen LogP contribution in [0.4, 0.5) is 0 Å². The van der Waals surface area contributed by atoms with Crippen LogP contribution in [0.1, 0.15) is 27.2 Å². The normalized spacial score (nSPS) is 12.9. The minimum absolute atomic E-state index is 0.692. The lowest BCUT2D eigenvalue weighted by Gasteiger charge is -2.03. The molecule has 0 saturated carbocycles. The van der Waals surface area contributed by atoms with Crippen LogP contribution in [0.25, 0.3) is 0 Å². The van der Waals surface area contributed by atoms with Crippen LogP contribution in [0.3, 0.4) is 0 Å². The molecule has 0 unspecified atom stereocenters. The molecule has 0 aliphatic rings. The first-order valence-electron chi connectivity index (χ1n) is 4.00. The molecule has 0 bridgehead atoms.